The Kier molecular flexibility index (Phi) is 6.62. The number of benzene rings is 2. The van der Waals surface area contributed by atoms with E-state index in [0.717, 1.165) is 4.88 Å². The van der Waals surface area contributed by atoms with E-state index in [1.54, 1.807) is 31.2 Å². The molecule has 0 fully saturated rings. The van der Waals surface area contributed by atoms with Crippen LogP contribution in [0.4, 0.5) is 11.4 Å². The zero-order chi connectivity index (χ0) is 23.5. The molecule has 4 rings (SSSR count). The monoisotopic (exact) mass is 468 g/mol. The number of aromatic nitrogens is 2. The Hall–Kier alpha value is -3.42. The van der Waals surface area contributed by atoms with E-state index in [2.05, 4.69) is 0 Å². The summed E-state index contributed by atoms with van der Waals surface area (Å²) in [7, 11) is 0. The van der Waals surface area contributed by atoms with Crippen LogP contribution in [0.15, 0.2) is 66.0 Å². The van der Waals surface area contributed by atoms with Crippen LogP contribution in [0.5, 0.6) is 0 Å². The Morgan fingerprint density at radius 1 is 1.03 bits per heavy atom. The summed E-state index contributed by atoms with van der Waals surface area (Å²) in [6.07, 6.45) is 0. The van der Waals surface area contributed by atoms with Crippen molar-refractivity contribution in [1.29, 1.82) is 0 Å². The summed E-state index contributed by atoms with van der Waals surface area (Å²) in [6, 6.07) is 15.9. The molecule has 2 aromatic carbocycles. The van der Waals surface area contributed by atoms with Crippen molar-refractivity contribution >= 4 is 28.7 Å². The van der Waals surface area contributed by atoms with Crippen LogP contribution in [0.2, 0.25) is 0 Å². The van der Waals surface area contributed by atoms with Crippen LogP contribution in [0.25, 0.3) is 27.4 Å². The molecular formula is C22H20N4O6S. The van der Waals surface area contributed by atoms with E-state index in [1.807, 2.05) is 17.5 Å². The SMILES string of the molecule is CCOC(=O)c1c(-c2ccc([NH+]([O-])O)cc2)c(-c2cccs2)nn1-c1ccc([NH+]([O-])O)cc1. The van der Waals surface area contributed by atoms with E-state index in [-0.39, 0.29) is 23.7 Å². The molecule has 0 aliphatic heterocycles. The highest BCUT2D eigenvalue weighted by atomic mass is 32.1. The van der Waals surface area contributed by atoms with Crippen molar-refractivity contribution in [1.82, 2.24) is 9.78 Å². The Bertz CT molecular complexity index is 1240. The Morgan fingerprint density at radius 2 is 1.64 bits per heavy atom. The fourth-order valence-electron chi connectivity index (χ4n) is 3.38. The van der Waals surface area contributed by atoms with E-state index in [9.17, 15) is 25.6 Å². The Morgan fingerprint density at radius 3 is 2.15 bits per heavy atom. The summed E-state index contributed by atoms with van der Waals surface area (Å²) < 4.78 is 6.75. The summed E-state index contributed by atoms with van der Waals surface area (Å²) in [5, 5.41) is 45.5. The molecule has 2 aromatic heterocycles. The average molecular weight is 468 g/mol. The quantitative estimate of drug-likeness (QED) is 0.241. The van der Waals surface area contributed by atoms with E-state index in [1.165, 1.54) is 40.3 Å². The molecule has 11 heteroatoms. The highest BCUT2D eigenvalue weighted by molar-refractivity contribution is 7.13. The third-order valence-electron chi connectivity index (χ3n) is 4.89. The Labute approximate surface area is 192 Å². The van der Waals surface area contributed by atoms with Crippen LogP contribution in [-0.4, -0.2) is 32.8 Å². The minimum Gasteiger partial charge on any atom is -0.595 e. The predicted molar refractivity (Wildman–Crippen MR) is 120 cm³/mol. The lowest BCUT2D eigenvalue weighted by Gasteiger charge is -2.13. The van der Waals surface area contributed by atoms with Gasteiger partial charge < -0.3 is 15.2 Å². The first kappa shape index (κ1) is 22.8. The number of thiophene rings is 1. The topological polar surface area (TPSA) is 140 Å². The van der Waals surface area contributed by atoms with Gasteiger partial charge in [0.25, 0.3) is 0 Å². The highest BCUT2D eigenvalue weighted by Gasteiger charge is 2.28. The van der Waals surface area contributed by atoms with Crippen molar-refractivity contribution in [2.45, 2.75) is 6.92 Å². The van der Waals surface area contributed by atoms with Crippen molar-refractivity contribution < 1.29 is 30.4 Å². The zero-order valence-electron chi connectivity index (χ0n) is 17.4. The number of hydrogen-bond donors (Lipinski definition) is 4. The van der Waals surface area contributed by atoms with Gasteiger partial charge in [0, 0.05) is 29.8 Å². The number of nitrogens with one attached hydrogen (secondary N) is 2. The van der Waals surface area contributed by atoms with Crippen LogP contribution < -0.4 is 10.5 Å². The largest absolute Gasteiger partial charge is 0.595 e. The number of carbonyl (C=O) groups excluding carboxylic acids is 1. The van der Waals surface area contributed by atoms with Gasteiger partial charge in [0.2, 0.25) is 0 Å². The summed E-state index contributed by atoms with van der Waals surface area (Å²) in [5.74, 6) is -0.604. The van der Waals surface area contributed by atoms with Crippen LogP contribution in [0.1, 0.15) is 17.4 Å². The first-order valence-electron chi connectivity index (χ1n) is 9.92. The molecular weight excluding hydrogens is 448 g/mol. The smallest absolute Gasteiger partial charge is 0.357 e. The maximum Gasteiger partial charge on any atom is 0.357 e. The number of carbonyl (C=O) groups is 1. The van der Waals surface area contributed by atoms with Crippen LogP contribution in [0.3, 0.4) is 0 Å². The van der Waals surface area contributed by atoms with Gasteiger partial charge >= 0.3 is 5.97 Å². The maximum atomic E-state index is 13.1. The van der Waals surface area contributed by atoms with E-state index in [4.69, 9.17) is 9.84 Å². The summed E-state index contributed by atoms with van der Waals surface area (Å²) >= 11 is 1.44. The molecule has 2 heterocycles. The lowest BCUT2D eigenvalue weighted by atomic mass is 10.0. The van der Waals surface area contributed by atoms with Crippen molar-refractivity contribution in [2.24, 2.45) is 0 Å². The Balaban J connectivity index is 1.97. The predicted octanol–water partition coefficient (Wildman–Crippen LogP) is 2.25. The van der Waals surface area contributed by atoms with E-state index in [0.29, 0.717) is 22.5 Å². The second-order valence-electron chi connectivity index (χ2n) is 6.92. The molecule has 4 aromatic rings. The molecule has 0 amide bonds. The first-order valence-corrected chi connectivity index (χ1v) is 10.8. The van der Waals surface area contributed by atoms with Gasteiger partial charge in [0.05, 0.1) is 17.2 Å². The molecule has 2 atom stereocenters. The molecule has 2 unspecified atom stereocenters. The molecule has 170 valence electrons. The second kappa shape index (κ2) is 9.60. The average Bonchev–Trinajstić information content (AvgIpc) is 3.47. The number of esters is 1. The molecule has 0 bridgehead atoms. The van der Waals surface area contributed by atoms with Crippen LogP contribution >= 0.6 is 11.3 Å². The van der Waals surface area contributed by atoms with Gasteiger partial charge in [-0.2, -0.15) is 15.6 Å². The normalized spacial score (nSPS) is 13.0. The second-order valence-corrected chi connectivity index (χ2v) is 7.86. The molecule has 0 saturated carbocycles. The number of hydrogen-bond acceptors (Lipinski definition) is 8. The highest BCUT2D eigenvalue weighted by Crippen LogP contribution is 2.38. The van der Waals surface area contributed by atoms with Crippen LogP contribution in [-0.2, 0) is 4.74 Å². The van der Waals surface area contributed by atoms with Gasteiger partial charge in [-0.25, -0.2) is 19.9 Å². The maximum absolute atomic E-state index is 13.1. The summed E-state index contributed by atoms with van der Waals surface area (Å²) in [5.41, 5.74) is 2.48. The number of rotatable bonds is 7. The number of ether oxygens (including phenoxy) is 1. The minimum absolute atomic E-state index is 0.103. The zero-order valence-corrected chi connectivity index (χ0v) is 18.2. The van der Waals surface area contributed by atoms with Gasteiger partial charge in [-0.15, -0.1) is 11.3 Å². The van der Waals surface area contributed by atoms with Gasteiger partial charge in [0.15, 0.2) is 17.1 Å². The third-order valence-corrected chi connectivity index (χ3v) is 5.76. The van der Waals surface area contributed by atoms with E-state index < -0.39 is 16.4 Å². The fraction of sp³-hybridized carbons (Fsp3) is 0.0909. The molecule has 0 radical (unpaired) electrons. The lowest BCUT2D eigenvalue weighted by molar-refractivity contribution is -0.991. The summed E-state index contributed by atoms with van der Waals surface area (Å²) in [4.78, 5) is 13.9. The standard InChI is InChI=1S/C22H20N4O6S/c1-2-32-22(27)21-19(14-5-7-16(8-6-14)25(28)29)20(18-4-3-13-33-18)23-24(21)15-9-11-17(12-10-15)26(30)31/h3-13,25-26,28,30H,2H2,1H3. The van der Waals surface area contributed by atoms with Crippen LogP contribution in [0, 0.1) is 10.4 Å². The number of quaternary nitrogens is 2. The van der Waals surface area contributed by atoms with E-state index >= 15 is 0 Å². The minimum atomic E-state index is -1.06. The molecule has 0 aliphatic carbocycles. The van der Waals surface area contributed by atoms with Gasteiger partial charge in [-0.05, 0) is 48.2 Å². The van der Waals surface area contributed by atoms with Gasteiger partial charge in [-0.1, -0.05) is 6.07 Å². The van der Waals surface area contributed by atoms with Crippen molar-refractivity contribution in [3.8, 4) is 27.4 Å². The molecule has 0 aliphatic rings. The molecule has 4 N–H and O–H groups in total. The lowest BCUT2D eigenvalue weighted by Crippen LogP contribution is -2.99. The first-order chi connectivity index (χ1) is 15.9. The summed E-state index contributed by atoms with van der Waals surface area (Å²) in [6.45, 7) is 1.84. The van der Waals surface area contributed by atoms with Crippen molar-refractivity contribution in [3.05, 3.63) is 82.2 Å². The molecule has 10 nitrogen and oxygen atoms in total. The van der Waals surface area contributed by atoms with Crippen molar-refractivity contribution in [3.63, 3.8) is 0 Å². The molecule has 0 saturated heterocycles. The molecule has 33 heavy (non-hydrogen) atoms. The third kappa shape index (κ3) is 4.55. The van der Waals surface area contributed by atoms with Gasteiger partial charge in [0.1, 0.15) is 5.69 Å². The fourth-order valence-corrected chi connectivity index (χ4v) is 4.09. The number of nitrogens with zero attached hydrogens (tertiary/aromatic N) is 2. The van der Waals surface area contributed by atoms with Gasteiger partial charge in [-0.3, -0.25) is 0 Å². The molecule has 0 spiro atoms. The van der Waals surface area contributed by atoms with Crippen molar-refractivity contribution in [2.75, 3.05) is 6.61 Å².